The lowest BCUT2D eigenvalue weighted by atomic mass is 9.89. The van der Waals surface area contributed by atoms with Crippen LogP contribution in [0.1, 0.15) is 56.3 Å². The van der Waals surface area contributed by atoms with E-state index in [0.29, 0.717) is 19.1 Å². The summed E-state index contributed by atoms with van der Waals surface area (Å²) >= 11 is 0. The maximum absolute atomic E-state index is 9.98. The Hall–Kier alpha value is -1.04. The van der Waals surface area contributed by atoms with E-state index in [1.807, 2.05) is 19.3 Å². The third-order valence-electron chi connectivity index (χ3n) is 4.80. The second-order valence-electron chi connectivity index (χ2n) is 6.54. The summed E-state index contributed by atoms with van der Waals surface area (Å²) in [6.07, 6.45) is 9.89. The molecular formula is C17H27N3O2. The molecule has 2 fully saturated rings. The van der Waals surface area contributed by atoms with E-state index in [1.165, 1.54) is 32.1 Å². The highest BCUT2D eigenvalue weighted by Gasteiger charge is 2.31. The molecule has 1 saturated carbocycles. The van der Waals surface area contributed by atoms with Gasteiger partial charge < -0.3 is 9.84 Å². The quantitative estimate of drug-likeness (QED) is 0.903. The molecule has 0 amide bonds. The molecule has 1 aromatic rings. The molecule has 0 bridgehead atoms. The number of nitrogens with zero attached hydrogens (tertiary/aromatic N) is 3. The molecule has 1 aromatic heterocycles. The van der Waals surface area contributed by atoms with E-state index in [1.54, 1.807) is 0 Å². The standard InChI is InChI=1S/C17H27N3O2/c1-2-22-16-12-20(11-15(16)21)10-13-8-18-17(19-9-13)14-6-4-3-5-7-14/h8-9,14-16,21H,2-7,10-12H2,1H3. The Morgan fingerprint density at radius 3 is 2.59 bits per heavy atom. The summed E-state index contributed by atoms with van der Waals surface area (Å²) in [5, 5.41) is 9.98. The molecule has 5 nitrogen and oxygen atoms in total. The van der Waals surface area contributed by atoms with E-state index < -0.39 is 0 Å². The third kappa shape index (κ3) is 3.83. The molecule has 0 radical (unpaired) electrons. The van der Waals surface area contributed by atoms with Crippen molar-refractivity contribution in [2.24, 2.45) is 0 Å². The zero-order chi connectivity index (χ0) is 15.4. The van der Waals surface area contributed by atoms with E-state index in [0.717, 1.165) is 24.5 Å². The fourth-order valence-electron chi connectivity index (χ4n) is 3.62. The average Bonchev–Trinajstić information content (AvgIpc) is 2.89. The van der Waals surface area contributed by atoms with E-state index in [9.17, 15) is 5.11 Å². The fourth-order valence-corrected chi connectivity index (χ4v) is 3.62. The van der Waals surface area contributed by atoms with Crippen LogP contribution in [0.15, 0.2) is 12.4 Å². The Balaban J connectivity index is 1.55. The molecule has 5 heteroatoms. The molecule has 1 N–H and O–H groups in total. The first-order valence-corrected chi connectivity index (χ1v) is 8.59. The molecule has 22 heavy (non-hydrogen) atoms. The Morgan fingerprint density at radius 2 is 1.91 bits per heavy atom. The predicted molar refractivity (Wildman–Crippen MR) is 84.6 cm³/mol. The number of ether oxygens (including phenoxy) is 1. The summed E-state index contributed by atoms with van der Waals surface area (Å²) in [5.41, 5.74) is 1.11. The van der Waals surface area contributed by atoms with Crippen molar-refractivity contribution in [2.75, 3.05) is 19.7 Å². The molecule has 0 spiro atoms. The van der Waals surface area contributed by atoms with Crippen molar-refractivity contribution in [3.63, 3.8) is 0 Å². The highest BCUT2D eigenvalue weighted by Crippen LogP contribution is 2.30. The summed E-state index contributed by atoms with van der Waals surface area (Å²) < 4.78 is 5.56. The molecule has 1 saturated heterocycles. The summed E-state index contributed by atoms with van der Waals surface area (Å²) in [6.45, 7) is 4.84. The first-order valence-electron chi connectivity index (χ1n) is 8.59. The summed E-state index contributed by atoms with van der Waals surface area (Å²) in [7, 11) is 0. The summed E-state index contributed by atoms with van der Waals surface area (Å²) in [4.78, 5) is 11.4. The highest BCUT2D eigenvalue weighted by molar-refractivity contribution is 5.08. The van der Waals surface area contributed by atoms with Gasteiger partial charge in [-0.3, -0.25) is 4.90 Å². The van der Waals surface area contributed by atoms with Crippen LogP contribution in [-0.2, 0) is 11.3 Å². The van der Waals surface area contributed by atoms with Gasteiger partial charge in [-0.25, -0.2) is 9.97 Å². The number of aliphatic hydroxyl groups is 1. The molecule has 1 aliphatic heterocycles. The Labute approximate surface area is 132 Å². The number of aliphatic hydroxyl groups excluding tert-OH is 1. The van der Waals surface area contributed by atoms with Gasteiger partial charge in [0.15, 0.2) is 0 Å². The van der Waals surface area contributed by atoms with E-state index in [2.05, 4.69) is 14.9 Å². The van der Waals surface area contributed by atoms with Crippen molar-refractivity contribution in [1.82, 2.24) is 14.9 Å². The van der Waals surface area contributed by atoms with Crippen LogP contribution in [0, 0.1) is 0 Å². The number of hydrogen-bond acceptors (Lipinski definition) is 5. The van der Waals surface area contributed by atoms with Gasteiger partial charge in [0.05, 0.1) is 12.2 Å². The van der Waals surface area contributed by atoms with Crippen LogP contribution in [0.3, 0.4) is 0 Å². The van der Waals surface area contributed by atoms with Gasteiger partial charge in [-0.1, -0.05) is 19.3 Å². The largest absolute Gasteiger partial charge is 0.389 e. The molecule has 2 aliphatic rings. The van der Waals surface area contributed by atoms with Crippen LogP contribution >= 0.6 is 0 Å². The van der Waals surface area contributed by atoms with Gasteiger partial charge in [0.2, 0.25) is 0 Å². The van der Waals surface area contributed by atoms with Crippen LogP contribution in [0.25, 0.3) is 0 Å². The zero-order valence-electron chi connectivity index (χ0n) is 13.4. The highest BCUT2D eigenvalue weighted by atomic mass is 16.5. The van der Waals surface area contributed by atoms with Gasteiger partial charge in [-0.15, -0.1) is 0 Å². The number of β-amino-alcohol motifs (C(OH)–C–C–N with tert-alkyl or cyclic N) is 1. The van der Waals surface area contributed by atoms with Crippen molar-refractivity contribution >= 4 is 0 Å². The van der Waals surface area contributed by atoms with Crippen molar-refractivity contribution in [3.8, 4) is 0 Å². The second kappa shape index (κ2) is 7.49. The molecule has 122 valence electrons. The van der Waals surface area contributed by atoms with Crippen LogP contribution < -0.4 is 0 Å². The molecule has 2 atom stereocenters. The van der Waals surface area contributed by atoms with Crippen LogP contribution in [0.4, 0.5) is 0 Å². The minimum atomic E-state index is -0.387. The van der Waals surface area contributed by atoms with Gasteiger partial charge in [0.25, 0.3) is 0 Å². The van der Waals surface area contributed by atoms with Crippen molar-refractivity contribution in [2.45, 2.75) is 63.7 Å². The van der Waals surface area contributed by atoms with E-state index in [4.69, 9.17) is 4.74 Å². The Morgan fingerprint density at radius 1 is 1.18 bits per heavy atom. The minimum Gasteiger partial charge on any atom is -0.389 e. The molecule has 3 rings (SSSR count). The predicted octanol–water partition coefficient (Wildman–Crippen LogP) is 2.11. The maximum Gasteiger partial charge on any atom is 0.131 e. The fraction of sp³-hybridized carbons (Fsp3) is 0.765. The lowest BCUT2D eigenvalue weighted by molar-refractivity contribution is -0.00245. The molecule has 1 aliphatic carbocycles. The topological polar surface area (TPSA) is 58.5 Å². The Kier molecular flexibility index (Phi) is 5.39. The van der Waals surface area contributed by atoms with Crippen molar-refractivity contribution in [3.05, 3.63) is 23.8 Å². The van der Waals surface area contributed by atoms with Gasteiger partial charge in [-0.05, 0) is 19.8 Å². The average molecular weight is 305 g/mol. The number of aromatic nitrogens is 2. The van der Waals surface area contributed by atoms with Crippen molar-refractivity contribution in [1.29, 1.82) is 0 Å². The van der Waals surface area contributed by atoms with Crippen LogP contribution in [-0.4, -0.2) is 51.9 Å². The molecule has 2 unspecified atom stereocenters. The SMILES string of the molecule is CCOC1CN(Cc2cnc(C3CCCCC3)nc2)CC1O. The zero-order valence-corrected chi connectivity index (χ0v) is 13.4. The number of hydrogen-bond donors (Lipinski definition) is 1. The van der Waals surface area contributed by atoms with Crippen molar-refractivity contribution < 1.29 is 9.84 Å². The van der Waals surface area contributed by atoms with E-state index >= 15 is 0 Å². The van der Waals surface area contributed by atoms with E-state index in [-0.39, 0.29) is 12.2 Å². The second-order valence-corrected chi connectivity index (χ2v) is 6.54. The lowest BCUT2D eigenvalue weighted by Gasteiger charge is -2.20. The van der Waals surface area contributed by atoms with Crippen LogP contribution in [0.5, 0.6) is 0 Å². The van der Waals surface area contributed by atoms with Crippen LogP contribution in [0.2, 0.25) is 0 Å². The summed E-state index contributed by atoms with van der Waals surface area (Å²) in [5.74, 6) is 1.57. The molecule has 2 heterocycles. The first kappa shape index (κ1) is 15.8. The molecule has 0 aromatic carbocycles. The number of likely N-dealkylation sites (tertiary alicyclic amines) is 1. The van der Waals surface area contributed by atoms with Gasteiger partial charge in [0, 0.05) is 50.1 Å². The van der Waals surface area contributed by atoms with Gasteiger partial charge in [-0.2, -0.15) is 0 Å². The van der Waals surface area contributed by atoms with Gasteiger partial charge in [0.1, 0.15) is 5.82 Å². The number of rotatable bonds is 5. The molecular weight excluding hydrogens is 278 g/mol. The summed E-state index contributed by atoms with van der Waals surface area (Å²) in [6, 6.07) is 0. The minimum absolute atomic E-state index is 0.0626. The third-order valence-corrected chi connectivity index (χ3v) is 4.80. The monoisotopic (exact) mass is 305 g/mol. The smallest absolute Gasteiger partial charge is 0.131 e. The first-order chi connectivity index (χ1) is 10.8. The lowest BCUT2D eigenvalue weighted by Crippen LogP contribution is -2.26. The normalized spacial score (nSPS) is 27.4. The van der Waals surface area contributed by atoms with Gasteiger partial charge >= 0.3 is 0 Å². The Bertz CT molecular complexity index is 459. The maximum atomic E-state index is 9.98.